The van der Waals surface area contributed by atoms with Crippen LogP contribution in [-0.2, 0) is 10.0 Å². The Morgan fingerprint density at radius 2 is 1.70 bits per heavy atom. The minimum absolute atomic E-state index is 0.0984. The lowest BCUT2D eigenvalue weighted by Gasteiger charge is -2.23. The van der Waals surface area contributed by atoms with Gasteiger partial charge in [0, 0.05) is 12.1 Å². The van der Waals surface area contributed by atoms with Crippen LogP contribution in [0.3, 0.4) is 0 Å². The van der Waals surface area contributed by atoms with Gasteiger partial charge in [0.05, 0.1) is 23.5 Å². The van der Waals surface area contributed by atoms with Gasteiger partial charge >= 0.3 is 0 Å². The number of rotatable bonds is 6. The summed E-state index contributed by atoms with van der Waals surface area (Å²) in [5, 5.41) is 3.04. The average molecular weight is 353 g/mol. The molecule has 0 heterocycles. The van der Waals surface area contributed by atoms with E-state index in [1.165, 1.54) is 4.31 Å². The van der Waals surface area contributed by atoms with Crippen molar-refractivity contribution in [1.82, 2.24) is 5.32 Å². The fourth-order valence-corrected chi connectivity index (χ4v) is 3.31. The van der Waals surface area contributed by atoms with E-state index in [-0.39, 0.29) is 19.0 Å². The summed E-state index contributed by atoms with van der Waals surface area (Å²) in [6, 6.07) is 15.4. The highest BCUT2D eigenvalue weighted by Crippen LogP contribution is 2.26. The highest BCUT2D eigenvalue weighted by molar-refractivity contribution is 7.92. The topological polar surface area (TPSA) is 66.5 Å². The normalized spacial score (nSPS) is 11.0. The molecule has 7 heteroatoms. The lowest BCUT2D eigenvalue weighted by molar-refractivity contribution is 0.0955. The van der Waals surface area contributed by atoms with Crippen LogP contribution >= 0.6 is 11.6 Å². The van der Waals surface area contributed by atoms with Crippen LogP contribution in [0.2, 0.25) is 5.02 Å². The molecule has 122 valence electrons. The summed E-state index contributed by atoms with van der Waals surface area (Å²) in [4.78, 5) is 12.0. The molecule has 0 aliphatic heterocycles. The van der Waals surface area contributed by atoms with Crippen molar-refractivity contribution in [3.8, 4) is 0 Å². The van der Waals surface area contributed by atoms with Crippen molar-refractivity contribution in [2.75, 3.05) is 23.7 Å². The van der Waals surface area contributed by atoms with Crippen LogP contribution in [0.25, 0.3) is 0 Å². The maximum atomic E-state index is 12.0. The number of nitrogens with zero attached hydrogens (tertiary/aromatic N) is 1. The first-order valence-electron chi connectivity index (χ1n) is 6.95. The summed E-state index contributed by atoms with van der Waals surface area (Å²) in [6.45, 7) is 0.271. The fourth-order valence-electron chi connectivity index (χ4n) is 2.08. The minimum atomic E-state index is -3.51. The van der Waals surface area contributed by atoms with Gasteiger partial charge in [-0.05, 0) is 24.3 Å². The Labute approximate surface area is 140 Å². The van der Waals surface area contributed by atoms with Gasteiger partial charge in [0.25, 0.3) is 5.91 Å². The molecule has 0 fully saturated rings. The first-order valence-corrected chi connectivity index (χ1v) is 9.17. The Morgan fingerprint density at radius 3 is 2.30 bits per heavy atom. The van der Waals surface area contributed by atoms with Crippen LogP contribution in [0.1, 0.15) is 10.4 Å². The number of carbonyl (C=O) groups excluding carboxylic acids is 1. The Hall–Kier alpha value is -2.05. The van der Waals surface area contributed by atoms with Crippen LogP contribution in [0.15, 0.2) is 54.6 Å². The number of nitrogens with one attached hydrogen (secondary N) is 1. The van der Waals surface area contributed by atoms with E-state index in [0.717, 1.165) is 6.26 Å². The maximum absolute atomic E-state index is 12.0. The Balaban J connectivity index is 2.06. The number of para-hydroxylation sites is 1. The molecule has 0 atom stereocenters. The molecule has 0 spiro atoms. The first kappa shape index (κ1) is 17.3. The van der Waals surface area contributed by atoms with Gasteiger partial charge in [-0.15, -0.1) is 0 Å². The van der Waals surface area contributed by atoms with Gasteiger partial charge in [-0.25, -0.2) is 8.42 Å². The van der Waals surface area contributed by atoms with Crippen LogP contribution < -0.4 is 9.62 Å². The number of hydrogen-bond donors (Lipinski definition) is 1. The van der Waals surface area contributed by atoms with Crippen molar-refractivity contribution >= 4 is 33.2 Å². The highest BCUT2D eigenvalue weighted by atomic mass is 35.5. The predicted octanol–water partition coefficient (Wildman–Crippen LogP) is 2.54. The van der Waals surface area contributed by atoms with Gasteiger partial charge in [0.1, 0.15) is 0 Å². The molecule has 2 aromatic rings. The third-order valence-electron chi connectivity index (χ3n) is 3.16. The van der Waals surface area contributed by atoms with Crippen LogP contribution in [-0.4, -0.2) is 33.7 Å². The lowest BCUT2D eigenvalue weighted by Crippen LogP contribution is -2.38. The van der Waals surface area contributed by atoms with Crippen LogP contribution in [0, 0.1) is 0 Å². The molecule has 2 rings (SSSR count). The molecule has 1 amide bonds. The third-order valence-corrected chi connectivity index (χ3v) is 4.66. The van der Waals surface area contributed by atoms with Crippen molar-refractivity contribution in [2.24, 2.45) is 0 Å². The second-order valence-electron chi connectivity index (χ2n) is 4.91. The highest BCUT2D eigenvalue weighted by Gasteiger charge is 2.19. The molecule has 0 saturated carbocycles. The molecule has 2 aromatic carbocycles. The number of halogens is 1. The number of hydrogen-bond acceptors (Lipinski definition) is 3. The molecule has 0 bridgehead atoms. The zero-order valence-electron chi connectivity index (χ0n) is 12.6. The average Bonchev–Trinajstić information content (AvgIpc) is 2.52. The molecule has 0 radical (unpaired) electrons. The van der Waals surface area contributed by atoms with Gasteiger partial charge in [0.15, 0.2) is 0 Å². The molecule has 0 aliphatic rings. The second-order valence-corrected chi connectivity index (χ2v) is 7.22. The fraction of sp³-hybridized carbons (Fsp3) is 0.188. The molecule has 0 unspecified atom stereocenters. The molecule has 0 aliphatic carbocycles. The van der Waals surface area contributed by atoms with Crippen molar-refractivity contribution in [3.63, 3.8) is 0 Å². The van der Waals surface area contributed by atoms with Crippen molar-refractivity contribution in [1.29, 1.82) is 0 Å². The van der Waals surface area contributed by atoms with E-state index < -0.39 is 10.0 Å². The summed E-state index contributed by atoms with van der Waals surface area (Å²) in [7, 11) is -3.51. The van der Waals surface area contributed by atoms with E-state index in [0.29, 0.717) is 16.3 Å². The summed E-state index contributed by atoms with van der Waals surface area (Å²) in [5.74, 6) is -0.252. The Morgan fingerprint density at radius 1 is 1.09 bits per heavy atom. The van der Waals surface area contributed by atoms with Crippen molar-refractivity contribution < 1.29 is 13.2 Å². The number of sulfonamides is 1. The minimum Gasteiger partial charge on any atom is -0.350 e. The van der Waals surface area contributed by atoms with Gasteiger partial charge in [-0.3, -0.25) is 9.10 Å². The van der Waals surface area contributed by atoms with E-state index in [4.69, 9.17) is 11.6 Å². The number of anilines is 1. The zero-order chi connectivity index (χ0) is 16.9. The van der Waals surface area contributed by atoms with Crippen molar-refractivity contribution in [2.45, 2.75) is 0 Å². The standard InChI is InChI=1S/C16H17ClN2O3S/c1-23(21,22)19(15-10-6-5-9-14(15)17)12-11-18-16(20)13-7-3-2-4-8-13/h2-10H,11-12H2,1H3,(H,18,20). The summed E-state index contributed by atoms with van der Waals surface area (Å²) >= 11 is 6.07. The van der Waals surface area contributed by atoms with E-state index >= 15 is 0 Å². The molecule has 0 saturated heterocycles. The predicted molar refractivity (Wildman–Crippen MR) is 92.4 cm³/mol. The van der Waals surface area contributed by atoms with Crippen LogP contribution in [0.4, 0.5) is 5.69 Å². The molecule has 0 aromatic heterocycles. The molecule has 1 N–H and O–H groups in total. The van der Waals surface area contributed by atoms with Gasteiger partial charge < -0.3 is 5.32 Å². The smallest absolute Gasteiger partial charge is 0.251 e. The first-order chi connectivity index (χ1) is 10.9. The monoisotopic (exact) mass is 352 g/mol. The van der Waals surface area contributed by atoms with Gasteiger partial charge in [-0.2, -0.15) is 0 Å². The van der Waals surface area contributed by atoms with E-state index in [1.807, 2.05) is 6.07 Å². The molecule has 5 nitrogen and oxygen atoms in total. The number of benzene rings is 2. The largest absolute Gasteiger partial charge is 0.350 e. The van der Waals surface area contributed by atoms with E-state index in [2.05, 4.69) is 5.32 Å². The SMILES string of the molecule is CS(=O)(=O)N(CCNC(=O)c1ccccc1)c1ccccc1Cl. The quantitative estimate of drug-likeness (QED) is 0.868. The molecular formula is C16H17ClN2O3S. The summed E-state index contributed by atoms with van der Waals surface area (Å²) in [5.41, 5.74) is 0.918. The second kappa shape index (κ2) is 7.48. The van der Waals surface area contributed by atoms with E-state index in [1.54, 1.807) is 48.5 Å². The van der Waals surface area contributed by atoms with E-state index in [9.17, 15) is 13.2 Å². The maximum Gasteiger partial charge on any atom is 0.251 e. The van der Waals surface area contributed by atoms with Crippen molar-refractivity contribution in [3.05, 3.63) is 65.2 Å². The Kier molecular flexibility index (Phi) is 5.63. The lowest BCUT2D eigenvalue weighted by atomic mass is 10.2. The van der Waals surface area contributed by atoms with Crippen LogP contribution in [0.5, 0.6) is 0 Å². The van der Waals surface area contributed by atoms with Gasteiger partial charge in [0.2, 0.25) is 10.0 Å². The van der Waals surface area contributed by atoms with Gasteiger partial charge in [-0.1, -0.05) is 41.9 Å². The summed E-state index contributed by atoms with van der Waals surface area (Å²) < 4.78 is 25.1. The zero-order valence-corrected chi connectivity index (χ0v) is 14.1. The number of amides is 1. The number of carbonyl (C=O) groups is 1. The molecular weight excluding hydrogens is 336 g/mol. The molecule has 23 heavy (non-hydrogen) atoms. The third kappa shape index (κ3) is 4.71. The summed E-state index contributed by atoms with van der Waals surface area (Å²) in [6.07, 6.45) is 1.11. The Bertz CT molecular complexity index is 779.